The normalized spacial score (nSPS) is 24.6. The Labute approximate surface area is 119 Å². The highest BCUT2D eigenvalue weighted by atomic mass is 16.2. The number of likely N-dealkylation sites (tertiary alicyclic amines) is 1. The van der Waals surface area contributed by atoms with Crippen LogP contribution in [-0.4, -0.2) is 38.9 Å². The first-order chi connectivity index (χ1) is 9.49. The van der Waals surface area contributed by atoms with Crippen LogP contribution in [0.2, 0.25) is 0 Å². The van der Waals surface area contributed by atoms with Crippen LogP contribution in [0.25, 0.3) is 0 Å². The average molecular weight is 277 g/mol. The van der Waals surface area contributed by atoms with Gasteiger partial charge in [0.15, 0.2) is 0 Å². The highest BCUT2D eigenvalue weighted by molar-refractivity contribution is 5.81. The zero-order valence-corrected chi connectivity index (χ0v) is 12.3. The van der Waals surface area contributed by atoms with Crippen LogP contribution in [0.5, 0.6) is 0 Å². The van der Waals surface area contributed by atoms with Gasteiger partial charge in [-0.3, -0.25) is 9.69 Å². The smallest absolute Gasteiger partial charge is 0.237 e. The Morgan fingerprint density at radius 3 is 2.75 bits per heavy atom. The molecule has 0 aromatic carbocycles. The Balaban J connectivity index is 1.91. The van der Waals surface area contributed by atoms with Crippen LogP contribution in [0.4, 0.5) is 5.82 Å². The van der Waals surface area contributed by atoms with Crippen LogP contribution in [0.3, 0.4) is 0 Å². The molecule has 0 unspecified atom stereocenters. The van der Waals surface area contributed by atoms with Crippen molar-refractivity contribution in [2.45, 2.75) is 58.3 Å². The van der Waals surface area contributed by atoms with Gasteiger partial charge in [0.05, 0.1) is 12.6 Å². The molecule has 110 valence electrons. The molecule has 0 aliphatic carbocycles. The van der Waals surface area contributed by atoms with Crippen molar-refractivity contribution >= 4 is 11.7 Å². The van der Waals surface area contributed by atoms with Crippen LogP contribution < -0.4 is 11.1 Å². The van der Waals surface area contributed by atoms with Crippen molar-refractivity contribution in [3.05, 3.63) is 18.1 Å². The van der Waals surface area contributed by atoms with Gasteiger partial charge in [-0.25, -0.2) is 9.97 Å². The molecule has 20 heavy (non-hydrogen) atoms. The summed E-state index contributed by atoms with van der Waals surface area (Å²) in [5.74, 6) is 0.962. The minimum Gasteiger partial charge on any atom is -0.384 e. The molecular weight excluding hydrogens is 254 g/mol. The van der Waals surface area contributed by atoms with Gasteiger partial charge in [0.2, 0.25) is 5.91 Å². The van der Waals surface area contributed by atoms with Gasteiger partial charge in [-0.1, -0.05) is 0 Å². The van der Waals surface area contributed by atoms with Crippen molar-refractivity contribution in [3.63, 3.8) is 0 Å². The topological polar surface area (TPSA) is 84.1 Å². The molecule has 0 saturated carbocycles. The predicted molar refractivity (Wildman–Crippen MR) is 77.8 cm³/mol. The second kappa shape index (κ2) is 6.17. The predicted octanol–water partition coefficient (Wildman–Crippen LogP) is 0.936. The van der Waals surface area contributed by atoms with Crippen molar-refractivity contribution < 1.29 is 4.79 Å². The van der Waals surface area contributed by atoms with Crippen LogP contribution in [0.1, 0.15) is 39.4 Å². The van der Waals surface area contributed by atoms with Crippen LogP contribution in [0, 0.1) is 0 Å². The molecule has 0 radical (unpaired) electrons. The lowest BCUT2D eigenvalue weighted by Crippen LogP contribution is -2.49. The average Bonchev–Trinajstić information content (AvgIpc) is 2.75. The molecule has 1 saturated heterocycles. The van der Waals surface area contributed by atoms with Crippen LogP contribution in [-0.2, 0) is 11.3 Å². The van der Waals surface area contributed by atoms with Gasteiger partial charge in [-0.05, 0) is 39.7 Å². The summed E-state index contributed by atoms with van der Waals surface area (Å²) >= 11 is 0. The number of carbonyl (C=O) groups is 1. The third-order valence-corrected chi connectivity index (χ3v) is 3.99. The number of nitrogen functional groups attached to an aromatic ring is 1. The lowest BCUT2D eigenvalue weighted by atomic mass is 10.2. The van der Waals surface area contributed by atoms with Gasteiger partial charge >= 0.3 is 0 Å². The Morgan fingerprint density at radius 1 is 1.50 bits per heavy atom. The van der Waals surface area contributed by atoms with E-state index in [4.69, 9.17) is 5.73 Å². The van der Waals surface area contributed by atoms with E-state index in [-0.39, 0.29) is 11.9 Å². The number of amides is 1. The number of carbonyl (C=O) groups excluding carboxylic acids is 1. The monoisotopic (exact) mass is 277 g/mol. The summed E-state index contributed by atoms with van der Waals surface area (Å²) in [7, 11) is 0. The Hall–Kier alpha value is -1.69. The maximum Gasteiger partial charge on any atom is 0.237 e. The maximum absolute atomic E-state index is 12.2. The molecule has 6 nitrogen and oxygen atoms in total. The first-order valence-corrected chi connectivity index (χ1v) is 7.11. The number of nitrogens with two attached hydrogens (primary N) is 1. The number of aromatic nitrogens is 2. The van der Waals surface area contributed by atoms with E-state index in [0.29, 0.717) is 30.3 Å². The number of hydrogen-bond acceptors (Lipinski definition) is 5. The molecule has 2 heterocycles. The van der Waals surface area contributed by atoms with E-state index >= 15 is 0 Å². The molecule has 1 fully saturated rings. The van der Waals surface area contributed by atoms with Crippen molar-refractivity contribution in [1.82, 2.24) is 20.2 Å². The highest BCUT2D eigenvalue weighted by Gasteiger charge is 2.34. The van der Waals surface area contributed by atoms with E-state index in [0.717, 1.165) is 12.8 Å². The number of anilines is 1. The molecule has 6 heteroatoms. The number of rotatable bonds is 4. The number of nitrogens with zero attached hydrogens (tertiary/aromatic N) is 3. The summed E-state index contributed by atoms with van der Waals surface area (Å²) in [6.07, 6.45) is 3.89. The first-order valence-electron chi connectivity index (χ1n) is 7.11. The third-order valence-electron chi connectivity index (χ3n) is 3.99. The number of nitrogens with one attached hydrogen (secondary N) is 1. The summed E-state index contributed by atoms with van der Waals surface area (Å²) in [6, 6.07) is 2.40. The SMILES string of the molecule is C[C@@H]1CC[C@H](C)N1[C@H](C)C(=O)NCc1nccc(N)n1. The van der Waals surface area contributed by atoms with Gasteiger partial charge in [-0.2, -0.15) is 0 Å². The molecule has 1 amide bonds. The fourth-order valence-electron chi connectivity index (χ4n) is 2.93. The lowest BCUT2D eigenvalue weighted by molar-refractivity contribution is -0.127. The maximum atomic E-state index is 12.2. The minimum absolute atomic E-state index is 0.0108. The summed E-state index contributed by atoms with van der Waals surface area (Å²) in [6.45, 7) is 6.61. The molecule has 1 aromatic rings. The molecule has 0 bridgehead atoms. The molecule has 3 atom stereocenters. The molecule has 1 aliphatic rings. The third kappa shape index (κ3) is 3.25. The second-order valence-electron chi connectivity index (χ2n) is 5.51. The largest absolute Gasteiger partial charge is 0.384 e. The highest BCUT2D eigenvalue weighted by Crippen LogP contribution is 2.25. The van der Waals surface area contributed by atoms with Crippen molar-refractivity contribution in [1.29, 1.82) is 0 Å². The summed E-state index contributed by atoms with van der Waals surface area (Å²) < 4.78 is 0. The summed E-state index contributed by atoms with van der Waals surface area (Å²) in [4.78, 5) is 22.7. The van der Waals surface area contributed by atoms with Crippen LogP contribution in [0.15, 0.2) is 12.3 Å². The van der Waals surface area contributed by atoms with Gasteiger partial charge in [0.25, 0.3) is 0 Å². The lowest BCUT2D eigenvalue weighted by Gasteiger charge is -2.31. The molecule has 1 aliphatic heterocycles. The fourth-order valence-corrected chi connectivity index (χ4v) is 2.93. The Bertz CT molecular complexity index is 468. The van der Waals surface area contributed by atoms with Crippen molar-refractivity contribution in [2.24, 2.45) is 0 Å². The van der Waals surface area contributed by atoms with Crippen molar-refractivity contribution in [3.8, 4) is 0 Å². The van der Waals surface area contributed by atoms with Crippen LogP contribution >= 0.6 is 0 Å². The summed E-state index contributed by atoms with van der Waals surface area (Å²) in [5.41, 5.74) is 5.59. The van der Waals surface area contributed by atoms with Gasteiger partial charge in [0, 0.05) is 18.3 Å². The Morgan fingerprint density at radius 2 is 2.15 bits per heavy atom. The quantitative estimate of drug-likeness (QED) is 0.855. The molecule has 2 rings (SSSR count). The Kier molecular flexibility index (Phi) is 4.54. The molecular formula is C14H23N5O. The van der Waals surface area contributed by atoms with E-state index in [1.54, 1.807) is 12.3 Å². The molecule has 0 spiro atoms. The van der Waals surface area contributed by atoms with E-state index in [1.165, 1.54) is 0 Å². The zero-order chi connectivity index (χ0) is 14.7. The van der Waals surface area contributed by atoms with E-state index < -0.39 is 0 Å². The summed E-state index contributed by atoms with van der Waals surface area (Å²) in [5, 5.41) is 2.88. The van der Waals surface area contributed by atoms with Crippen molar-refractivity contribution in [2.75, 3.05) is 5.73 Å². The number of hydrogen-bond donors (Lipinski definition) is 2. The van der Waals surface area contributed by atoms with E-state index in [2.05, 4.69) is 34.0 Å². The standard InChI is InChI=1S/C14H23N5O/c1-9-4-5-10(2)19(9)11(3)14(20)17-8-13-16-7-6-12(15)18-13/h6-7,9-11H,4-5,8H2,1-3H3,(H,17,20)(H2,15,16,18)/t9-,10+,11-/m1/s1. The minimum atomic E-state index is -0.136. The first kappa shape index (κ1) is 14.7. The van der Waals surface area contributed by atoms with E-state index in [9.17, 15) is 4.79 Å². The van der Waals surface area contributed by atoms with Gasteiger partial charge < -0.3 is 11.1 Å². The molecule has 1 aromatic heterocycles. The zero-order valence-electron chi connectivity index (χ0n) is 12.3. The fraction of sp³-hybridized carbons (Fsp3) is 0.643. The van der Waals surface area contributed by atoms with E-state index in [1.807, 2.05) is 6.92 Å². The molecule has 3 N–H and O–H groups in total. The van der Waals surface area contributed by atoms with Gasteiger partial charge in [0.1, 0.15) is 11.6 Å². The van der Waals surface area contributed by atoms with Gasteiger partial charge in [-0.15, -0.1) is 0 Å². The second-order valence-corrected chi connectivity index (χ2v) is 5.51.